The van der Waals surface area contributed by atoms with Gasteiger partial charge in [-0.05, 0) is 24.5 Å². The van der Waals surface area contributed by atoms with E-state index in [2.05, 4.69) is 22.9 Å². The molecule has 0 bridgehead atoms. The van der Waals surface area contributed by atoms with Crippen molar-refractivity contribution in [1.82, 2.24) is 0 Å². The van der Waals surface area contributed by atoms with Crippen LogP contribution in [0, 0.1) is 5.92 Å². The van der Waals surface area contributed by atoms with E-state index in [-0.39, 0.29) is 16.8 Å². The quantitative estimate of drug-likeness (QED) is 0.868. The van der Waals surface area contributed by atoms with Gasteiger partial charge >= 0.3 is 0 Å². The fourth-order valence-electron chi connectivity index (χ4n) is 2.92. The summed E-state index contributed by atoms with van der Waals surface area (Å²) in [4.78, 5) is 13.8. The second kappa shape index (κ2) is 6.06. The Bertz CT molecular complexity index is 437. The molecule has 0 saturated heterocycles. The van der Waals surface area contributed by atoms with Crippen LogP contribution in [0.3, 0.4) is 0 Å². The Morgan fingerprint density at radius 3 is 2.53 bits per heavy atom. The van der Waals surface area contributed by atoms with Crippen LogP contribution in [-0.2, 0) is 4.79 Å². The minimum Gasteiger partial charge on any atom is -0.390 e. The van der Waals surface area contributed by atoms with Crippen molar-refractivity contribution in [3.8, 4) is 0 Å². The molecule has 3 nitrogen and oxygen atoms in total. The minimum absolute atomic E-state index is 0.0216. The highest BCUT2D eigenvalue weighted by Crippen LogP contribution is 2.38. The van der Waals surface area contributed by atoms with Crippen LogP contribution >= 0.6 is 15.9 Å². The zero-order chi connectivity index (χ0) is 14.0. The largest absolute Gasteiger partial charge is 0.390 e. The zero-order valence-electron chi connectivity index (χ0n) is 11.3. The van der Waals surface area contributed by atoms with E-state index in [1.54, 1.807) is 11.8 Å². The van der Waals surface area contributed by atoms with Crippen molar-refractivity contribution < 1.29 is 9.90 Å². The van der Waals surface area contributed by atoms with E-state index in [0.29, 0.717) is 5.92 Å². The number of amides is 1. The maximum atomic E-state index is 12.0. The number of hydrogen-bond acceptors (Lipinski definition) is 2. The van der Waals surface area contributed by atoms with Gasteiger partial charge in [-0.15, -0.1) is 0 Å². The predicted molar refractivity (Wildman–Crippen MR) is 80.5 cm³/mol. The summed E-state index contributed by atoms with van der Waals surface area (Å²) in [6.45, 7) is 3.68. The van der Waals surface area contributed by atoms with Gasteiger partial charge in [-0.25, -0.2) is 0 Å². The predicted octanol–water partition coefficient (Wildman–Crippen LogP) is 2.96. The van der Waals surface area contributed by atoms with E-state index in [1.807, 2.05) is 30.3 Å². The van der Waals surface area contributed by atoms with Crippen LogP contribution < -0.4 is 4.90 Å². The number of benzene rings is 1. The summed E-state index contributed by atoms with van der Waals surface area (Å²) >= 11 is 3.57. The van der Waals surface area contributed by atoms with E-state index in [4.69, 9.17) is 0 Å². The number of para-hydroxylation sites is 1. The number of aliphatic hydroxyl groups is 1. The maximum absolute atomic E-state index is 12.0. The van der Waals surface area contributed by atoms with Gasteiger partial charge in [0.2, 0.25) is 5.91 Å². The SMILES string of the molecule is CCC1CC(N(C(C)=O)c2ccccc2)C(O)C1Br. The van der Waals surface area contributed by atoms with Crippen LogP contribution in [0.4, 0.5) is 5.69 Å². The lowest BCUT2D eigenvalue weighted by molar-refractivity contribution is -0.117. The molecule has 2 rings (SSSR count). The number of aliphatic hydroxyl groups excluding tert-OH is 1. The van der Waals surface area contributed by atoms with Gasteiger partial charge in [0, 0.05) is 17.4 Å². The number of hydrogen-bond donors (Lipinski definition) is 1. The maximum Gasteiger partial charge on any atom is 0.224 e. The lowest BCUT2D eigenvalue weighted by atomic mass is 10.0. The summed E-state index contributed by atoms with van der Waals surface area (Å²) in [5, 5.41) is 10.4. The molecule has 1 aromatic carbocycles. The Labute approximate surface area is 122 Å². The van der Waals surface area contributed by atoms with E-state index < -0.39 is 6.10 Å². The fraction of sp³-hybridized carbons (Fsp3) is 0.533. The molecule has 1 fully saturated rings. The van der Waals surface area contributed by atoms with Gasteiger partial charge in [-0.3, -0.25) is 4.79 Å². The molecule has 19 heavy (non-hydrogen) atoms. The molecule has 104 valence electrons. The highest BCUT2D eigenvalue weighted by Gasteiger charge is 2.44. The summed E-state index contributed by atoms with van der Waals surface area (Å²) in [5.41, 5.74) is 0.857. The monoisotopic (exact) mass is 325 g/mol. The normalized spacial score (nSPS) is 30.3. The molecule has 0 heterocycles. The lowest BCUT2D eigenvalue weighted by Gasteiger charge is -2.30. The van der Waals surface area contributed by atoms with Crippen molar-refractivity contribution in [3.05, 3.63) is 30.3 Å². The molecular weight excluding hydrogens is 306 g/mol. The highest BCUT2D eigenvalue weighted by atomic mass is 79.9. The molecule has 1 N–H and O–H groups in total. The summed E-state index contributed by atoms with van der Waals surface area (Å²) in [6, 6.07) is 9.43. The first kappa shape index (κ1) is 14.5. The number of carbonyl (C=O) groups excluding carboxylic acids is 1. The molecule has 1 aliphatic carbocycles. The summed E-state index contributed by atoms with van der Waals surface area (Å²) in [7, 11) is 0. The van der Waals surface area contributed by atoms with Crippen molar-refractivity contribution in [2.24, 2.45) is 5.92 Å². The molecule has 0 aliphatic heterocycles. The van der Waals surface area contributed by atoms with E-state index in [9.17, 15) is 9.90 Å². The molecule has 1 aromatic rings. The molecule has 1 saturated carbocycles. The lowest BCUT2D eigenvalue weighted by Crippen LogP contribution is -2.45. The fourth-order valence-corrected chi connectivity index (χ4v) is 3.86. The van der Waals surface area contributed by atoms with Gasteiger partial charge in [-0.2, -0.15) is 0 Å². The van der Waals surface area contributed by atoms with Crippen LogP contribution in [0.2, 0.25) is 0 Å². The van der Waals surface area contributed by atoms with E-state index in [1.165, 1.54) is 0 Å². The molecule has 0 radical (unpaired) electrons. The topological polar surface area (TPSA) is 40.5 Å². The average Bonchev–Trinajstić information content (AvgIpc) is 2.68. The van der Waals surface area contributed by atoms with Crippen LogP contribution in [0.1, 0.15) is 26.7 Å². The van der Waals surface area contributed by atoms with Gasteiger partial charge in [0.25, 0.3) is 0 Å². The van der Waals surface area contributed by atoms with Crippen LogP contribution in [0.15, 0.2) is 30.3 Å². The Kier molecular flexibility index (Phi) is 4.63. The first-order valence-corrected chi connectivity index (χ1v) is 7.64. The van der Waals surface area contributed by atoms with Crippen molar-refractivity contribution >= 4 is 27.5 Å². The third-order valence-electron chi connectivity index (χ3n) is 3.94. The molecule has 0 aromatic heterocycles. The molecular formula is C15H20BrNO2. The third kappa shape index (κ3) is 2.84. The summed E-state index contributed by atoms with van der Waals surface area (Å²) < 4.78 is 0. The van der Waals surface area contributed by atoms with Crippen LogP contribution in [0.5, 0.6) is 0 Å². The molecule has 4 unspecified atom stereocenters. The van der Waals surface area contributed by atoms with Gasteiger partial charge < -0.3 is 10.0 Å². The number of carbonyl (C=O) groups is 1. The van der Waals surface area contributed by atoms with Crippen molar-refractivity contribution in [3.63, 3.8) is 0 Å². The second-order valence-electron chi connectivity index (χ2n) is 5.13. The van der Waals surface area contributed by atoms with Gasteiger partial charge in [-0.1, -0.05) is 47.5 Å². The third-order valence-corrected chi connectivity index (χ3v) is 5.23. The number of anilines is 1. The number of halogens is 1. The Morgan fingerprint density at radius 1 is 1.42 bits per heavy atom. The van der Waals surface area contributed by atoms with Crippen LogP contribution in [-0.4, -0.2) is 28.0 Å². The summed E-state index contributed by atoms with van der Waals surface area (Å²) in [5.74, 6) is 0.386. The molecule has 1 aliphatic rings. The molecule has 4 heteroatoms. The summed E-state index contributed by atoms with van der Waals surface area (Å²) in [6.07, 6.45) is 1.32. The number of nitrogens with zero attached hydrogens (tertiary/aromatic N) is 1. The van der Waals surface area contributed by atoms with Crippen molar-refractivity contribution in [1.29, 1.82) is 0 Å². The number of rotatable bonds is 3. The van der Waals surface area contributed by atoms with Crippen molar-refractivity contribution in [2.75, 3.05) is 4.90 Å². The zero-order valence-corrected chi connectivity index (χ0v) is 12.9. The van der Waals surface area contributed by atoms with Gasteiger partial charge in [0.05, 0.1) is 12.1 Å². The first-order chi connectivity index (χ1) is 9.06. The first-order valence-electron chi connectivity index (χ1n) is 6.73. The second-order valence-corrected chi connectivity index (χ2v) is 6.19. The Hall–Kier alpha value is -0.870. The van der Waals surface area contributed by atoms with E-state index in [0.717, 1.165) is 18.5 Å². The number of alkyl halides is 1. The molecule has 4 atom stereocenters. The molecule has 1 amide bonds. The Morgan fingerprint density at radius 2 is 2.05 bits per heavy atom. The smallest absolute Gasteiger partial charge is 0.224 e. The highest BCUT2D eigenvalue weighted by molar-refractivity contribution is 9.09. The van der Waals surface area contributed by atoms with Gasteiger partial charge in [0.15, 0.2) is 0 Å². The minimum atomic E-state index is -0.519. The standard InChI is InChI=1S/C15H20BrNO2/c1-3-11-9-13(15(19)14(11)16)17(10(2)18)12-7-5-4-6-8-12/h4-8,11,13-15,19H,3,9H2,1-2H3. The van der Waals surface area contributed by atoms with E-state index >= 15 is 0 Å². The molecule has 0 spiro atoms. The van der Waals surface area contributed by atoms with Crippen molar-refractivity contribution in [2.45, 2.75) is 43.7 Å². The Balaban J connectivity index is 2.29. The average molecular weight is 326 g/mol. The van der Waals surface area contributed by atoms with Gasteiger partial charge in [0.1, 0.15) is 0 Å². The van der Waals surface area contributed by atoms with Crippen LogP contribution in [0.25, 0.3) is 0 Å².